The van der Waals surface area contributed by atoms with Crippen LogP contribution in [0.4, 0.5) is 8.78 Å². The van der Waals surface area contributed by atoms with E-state index in [1.165, 1.54) is 0 Å². The van der Waals surface area contributed by atoms with Gasteiger partial charge < -0.3 is 14.6 Å². The van der Waals surface area contributed by atoms with Crippen LogP contribution in [0.25, 0.3) is 0 Å². The summed E-state index contributed by atoms with van der Waals surface area (Å²) in [5.74, 6) is -1.28. The summed E-state index contributed by atoms with van der Waals surface area (Å²) >= 11 is 0. The van der Waals surface area contributed by atoms with Crippen LogP contribution in [0.5, 0.6) is 5.75 Å². The number of rotatable bonds is 4. The maximum absolute atomic E-state index is 12.1. The number of carbonyl (C=O) groups is 1. The van der Waals surface area contributed by atoms with E-state index in [0.29, 0.717) is 0 Å². The Labute approximate surface area is 101 Å². The Morgan fingerprint density at radius 3 is 2.67 bits per heavy atom. The topological polar surface area (TPSA) is 79.6 Å². The maximum atomic E-state index is 12.1. The molecule has 0 unspecified atom stereocenters. The second kappa shape index (κ2) is 5.93. The van der Waals surface area contributed by atoms with Gasteiger partial charge in [0.25, 0.3) is 0 Å². The van der Waals surface area contributed by atoms with Gasteiger partial charge in [0.1, 0.15) is 11.8 Å². The number of carbonyl (C=O) groups excluding carboxylic acids is 1. The highest BCUT2D eigenvalue weighted by Crippen LogP contribution is 2.27. The van der Waals surface area contributed by atoms with Crippen LogP contribution in [0.15, 0.2) is 12.1 Å². The fourth-order valence-corrected chi connectivity index (χ4v) is 1.42. The molecule has 18 heavy (non-hydrogen) atoms. The van der Waals surface area contributed by atoms with Gasteiger partial charge in [0.15, 0.2) is 0 Å². The zero-order valence-electron chi connectivity index (χ0n) is 9.31. The van der Waals surface area contributed by atoms with Gasteiger partial charge in [-0.15, -0.1) is 0 Å². The molecule has 0 bridgehead atoms. The summed E-state index contributed by atoms with van der Waals surface area (Å²) in [6.07, 6.45) is 0. The van der Waals surface area contributed by atoms with Crippen LogP contribution in [0.2, 0.25) is 0 Å². The van der Waals surface area contributed by atoms with Crippen LogP contribution < -0.4 is 4.74 Å². The van der Waals surface area contributed by atoms with Gasteiger partial charge in [-0.1, -0.05) is 0 Å². The van der Waals surface area contributed by atoms with E-state index in [-0.39, 0.29) is 22.4 Å². The molecular formula is C11H9F2NO4. The van der Waals surface area contributed by atoms with Crippen molar-refractivity contribution in [2.45, 2.75) is 13.2 Å². The van der Waals surface area contributed by atoms with Crippen molar-refractivity contribution in [3.63, 3.8) is 0 Å². The Balaban J connectivity index is 3.43. The molecular weight excluding hydrogens is 248 g/mol. The first-order valence-electron chi connectivity index (χ1n) is 4.75. The molecule has 1 aromatic carbocycles. The molecule has 0 saturated carbocycles. The van der Waals surface area contributed by atoms with Crippen molar-refractivity contribution in [3.05, 3.63) is 28.8 Å². The Kier molecular flexibility index (Phi) is 4.57. The predicted molar refractivity (Wildman–Crippen MR) is 55.1 cm³/mol. The monoisotopic (exact) mass is 257 g/mol. The molecule has 1 N–H and O–H groups in total. The minimum absolute atomic E-state index is 0.0903. The maximum Gasteiger partial charge on any atom is 0.387 e. The molecule has 1 aromatic rings. The molecule has 0 aliphatic carbocycles. The number of aliphatic hydroxyl groups excluding tert-OH is 1. The lowest BCUT2D eigenvalue weighted by Crippen LogP contribution is -2.12. The van der Waals surface area contributed by atoms with Gasteiger partial charge in [-0.2, -0.15) is 14.0 Å². The molecule has 7 heteroatoms. The van der Waals surface area contributed by atoms with Crippen LogP contribution in [-0.4, -0.2) is 24.8 Å². The Morgan fingerprint density at radius 1 is 1.56 bits per heavy atom. The number of aliphatic hydroxyl groups is 1. The van der Waals surface area contributed by atoms with E-state index >= 15 is 0 Å². The molecule has 0 spiro atoms. The third-order valence-corrected chi connectivity index (χ3v) is 2.15. The molecule has 0 amide bonds. The minimum atomic E-state index is -3.10. The highest BCUT2D eigenvalue weighted by atomic mass is 19.3. The van der Waals surface area contributed by atoms with Gasteiger partial charge in [0.2, 0.25) is 0 Å². The lowest BCUT2D eigenvalue weighted by atomic mass is 10.0. The van der Waals surface area contributed by atoms with Crippen molar-refractivity contribution in [3.8, 4) is 11.8 Å². The van der Waals surface area contributed by atoms with Gasteiger partial charge >= 0.3 is 12.6 Å². The summed E-state index contributed by atoms with van der Waals surface area (Å²) in [6.45, 7) is -3.84. The smallest absolute Gasteiger partial charge is 0.387 e. The number of ether oxygens (including phenoxy) is 2. The highest BCUT2D eigenvalue weighted by molar-refractivity contribution is 5.94. The first kappa shape index (κ1) is 13.9. The van der Waals surface area contributed by atoms with E-state index in [4.69, 9.17) is 10.4 Å². The molecule has 0 heterocycles. The summed E-state index contributed by atoms with van der Waals surface area (Å²) in [5.41, 5.74) is -0.575. The molecule has 0 aliphatic rings. The first-order chi connectivity index (χ1) is 8.54. The van der Waals surface area contributed by atoms with E-state index in [1.807, 2.05) is 0 Å². The number of halogens is 2. The van der Waals surface area contributed by atoms with Gasteiger partial charge in [-0.3, -0.25) is 0 Å². The largest absolute Gasteiger partial charge is 0.465 e. The van der Waals surface area contributed by atoms with Crippen LogP contribution in [0.1, 0.15) is 21.5 Å². The molecule has 0 atom stereocenters. The number of esters is 1. The van der Waals surface area contributed by atoms with Crippen LogP contribution in [0.3, 0.4) is 0 Å². The summed E-state index contributed by atoms with van der Waals surface area (Å²) < 4.78 is 32.9. The molecule has 1 rings (SSSR count). The second-order valence-electron chi connectivity index (χ2n) is 3.10. The Morgan fingerprint density at radius 2 is 2.22 bits per heavy atom. The predicted octanol–water partition coefficient (Wildman–Crippen LogP) is 1.44. The highest BCUT2D eigenvalue weighted by Gasteiger charge is 2.22. The normalized spacial score (nSPS) is 10.0. The fraction of sp³-hybridized carbons (Fsp3) is 0.273. The molecule has 0 fully saturated rings. The molecule has 5 nitrogen and oxygen atoms in total. The van der Waals surface area contributed by atoms with Gasteiger partial charge in [0, 0.05) is 5.56 Å². The van der Waals surface area contributed by atoms with Crippen LogP contribution in [-0.2, 0) is 11.3 Å². The number of hydrogen-bond donors (Lipinski definition) is 1. The molecule has 0 radical (unpaired) electrons. The average molecular weight is 257 g/mol. The van der Waals surface area contributed by atoms with Gasteiger partial charge in [-0.25, -0.2) is 4.79 Å². The minimum Gasteiger partial charge on any atom is -0.465 e. The van der Waals surface area contributed by atoms with Crippen molar-refractivity contribution in [2.75, 3.05) is 7.11 Å². The standard InChI is InChI=1S/C11H9F2NO4/c1-17-10(16)9-6(4-14)2-3-8(7(9)5-15)18-11(12)13/h2-3,11,15H,5H2,1H3. The lowest BCUT2D eigenvalue weighted by molar-refractivity contribution is -0.0510. The molecule has 0 aliphatic heterocycles. The molecule has 96 valence electrons. The Hall–Kier alpha value is -2.20. The van der Waals surface area contributed by atoms with E-state index in [2.05, 4.69) is 9.47 Å². The molecule has 0 saturated heterocycles. The summed E-state index contributed by atoms with van der Waals surface area (Å²) in [7, 11) is 1.07. The van der Waals surface area contributed by atoms with Crippen molar-refractivity contribution >= 4 is 5.97 Å². The van der Waals surface area contributed by atoms with Crippen molar-refractivity contribution in [1.29, 1.82) is 5.26 Å². The van der Waals surface area contributed by atoms with E-state index < -0.39 is 19.2 Å². The third kappa shape index (κ3) is 2.73. The number of nitrogens with zero attached hydrogens (tertiary/aromatic N) is 1. The number of methoxy groups -OCH3 is 1. The third-order valence-electron chi connectivity index (χ3n) is 2.15. The van der Waals surface area contributed by atoms with Crippen molar-refractivity contribution in [1.82, 2.24) is 0 Å². The zero-order valence-corrected chi connectivity index (χ0v) is 9.31. The van der Waals surface area contributed by atoms with Gasteiger partial charge in [-0.05, 0) is 12.1 Å². The number of benzene rings is 1. The molecule has 0 aromatic heterocycles. The SMILES string of the molecule is COC(=O)c1c(C#N)ccc(OC(F)F)c1CO. The number of nitriles is 1. The van der Waals surface area contributed by atoms with Crippen molar-refractivity contribution in [2.24, 2.45) is 0 Å². The quantitative estimate of drug-likeness (QED) is 0.825. The summed E-state index contributed by atoms with van der Waals surface area (Å²) in [4.78, 5) is 11.5. The number of alkyl halides is 2. The summed E-state index contributed by atoms with van der Waals surface area (Å²) in [5, 5.41) is 18.0. The Bertz CT molecular complexity index is 497. The van der Waals surface area contributed by atoms with Crippen LogP contribution >= 0.6 is 0 Å². The lowest BCUT2D eigenvalue weighted by Gasteiger charge is -2.13. The zero-order chi connectivity index (χ0) is 13.7. The van der Waals surface area contributed by atoms with Crippen LogP contribution in [0, 0.1) is 11.3 Å². The van der Waals surface area contributed by atoms with E-state index in [1.54, 1.807) is 6.07 Å². The first-order valence-corrected chi connectivity index (χ1v) is 4.75. The summed E-state index contributed by atoms with van der Waals surface area (Å²) in [6, 6.07) is 3.94. The average Bonchev–Trinajstić information content (AvgIpc) is 2.36. The second-order valence-corrected chi connectivity index (χ2v) is 3.10. The van der Waals surface area contributed by atoms with Crippen molar-refractivity contribution < 1.29 is 28.2 Å². The van der Waals surface area contributed by atoms with E-state index in [9.17, 15) is 13.6 Å². The number of hydrogen-bond acceptors (Lipinski definition) is 5. The van der Waals surface area contributed by atoms with Gasteiger partial charge in [0.05, 0.1) is 24.8 Å². The van der Waals surface area contributed by atoms with E-state index in [0.717, 1.165) is 19.2 Å². The fourth-order valence-electron chi connectivity index (χ4n) is 1.42.